The Kier molecular flexibility index (Phi) is 3.48. The van der Waals surface area contributed by atoms with Crippen molar-refractivity contribution in [1.82, 2.24) is 9.97 Å². The summed E-state index contributed by atoms with van der Waals surface area (Å²) in [5, 5.41) is 2.27. The molecule has 1 aliphatic carbocycles. The third-order valence-electron chi connectivity index (χ3n) is 3.10. The van der Waals surface area contributed by atoms with Crippen LogP contribution in [0.2, 0.25) is 5.15 Å². The van der Waals surface area contributed by atoms with E-state index in [-0.39, 0.29) is 5.15 Å². The van der Waals surface area contributed by atoms with Gasteiger partial charge in [0.1, 0.15) is 17.3 Å². The van der Waals surface area contributed by atoms with E-state index >= 15 is 0 Å². The molecule has 0 unspecified atom stereocenters. The molecule has 0 saturated heterocycles. The molecule has 19 heavy (non-hydrogen) atoms. The highest BCUT2D eigenvalue weighted by molar-refractivity contribution is 7.09. The summed E-state index contributed by atoms with van der Waals surface area (Å²) in [6.45, 7) is 0.760. The number of rotatable bonds is 5. The lowest BCUT2D eigenvalue weighted by atomic mass is 10.3. The van der Waals surface area contributed by atoms with Gasteiger partial charge in [0.25, 0.3) is 0 Å². The van der Waals surface area contributed by atoms with E-state index in [9.17, 15) is 4.79 Å². The second-order valence-electron chi connectivity index (χ2n) is 4.46. The number of hydrogen-bond acceptors (Lipinski definition) is 5. The summed E-state index contributed by atoms with van der Waals surface area (Å²) in [6.07, 6.45) is 4.41. The molecule has 4 nitrogen and oxygen atoms in total. The van der Waals surface area contributed by atoms with Crippen molar-refractivity contribution in [3.8, 4) is 0 Å². The zero-order valence-corrected chi connectivity index (χ0v) is 11.7. The van der Waals surface area contributed by atoms with Crippen molar-refractivity contribution < 1.29 is 4.79 Å². The molecule has 98 valence electrons. The van der Waals surface area contributed by atoms with Gasteiger partial charge in [-0.15, -0.1) is 11.3 Å². The van der Waals surface area contributed by atoms with Crippen molar-refractivity contribution in [2.75, 3.05) is 4.90 Å². The van der Waals surface area contributed by atoms with Gasteiger partial charge in [-0.2, -0.15) is 0 Å². The molecular formula is C13H12ClN3OS. The summed E-state index contributed by atoms with van der Waals surface area (Å²) in [7, 11) is 0. The van der Waals surface area contributed by atoms with Gasteiger partial charge in [-0.1, -0.05) is 17.7 Å². The zero-order valence-electron chi connectivity index (χ0n) is 10.1. The maximum atomic E-state index is 11.2. The molecule has 0 N–H and O–H groups in total. The minimum absolute atomic E-state index is 0.219. The Balaban J connectivity index is 1.96. The summed E-state index contributed by atoms with van der Waals surface area (Å²) in [5.41, 5.74) is 0.382. The third-order valence-corrected chi connectivity index (χ3v) is 4.26. The van der Waals surface area contributed by atoms with Crippen LogP contribution >= 0.6 is 22.9 Å². The van der Waals surface area contributed by atoms with E-state index in [0.717, 1.165) is 25.7 Å². The molecule has 0 aromatic carbocycles. The van der Waals surface area contributed by atoms with E-state index < -0.39 is 0 Å². The van der Waals surface area contributed by atoms with Crippen LogP contribution in [0.5, 0.6) is 0 Å². The van der Waals surface area contributed by atoms with Gasteiger partial charge in [0.05, 0.1) is 12.1 Å². The molecular weight excluding hydrogens is 282 g/mol. The van der Waals surface area contributed by atoms with Crippen LogP contribution in [0.15, 0.2) is 23.8 Å². The Hall–Kier alpha value is -1.46. The number of thiophene rings is 1. The Labute approximate surface area is 120 Å². The molecule has 0 bridgehead atoms. The largest absolute Gasteiger partial charge is 0.348 e. The minimum Gasteiger partial charge on any atom is -0.348 e. The van der Waals surface area contributed by atoms with E-state index in [4.69, 9.17) is 11.6 Å². The van der Waals surface area contributed by atoms with Crippen molar-refractivity contribution in [2.45, 2.75) is 25.4 Å². The lowest BCUT2D eigenvalue weighted by molar-refractivity contribution is 0.112. The van der Waals surface area contributed by atoms with Crippen molar-refractivity contribution >= 4 is 35.0 Å². The van der Waals surface area contributed by atoms with Crippen LogP contribution in [0.4, 0.5) is 5.82 Å². The number of carbonyl (C=O) groups excluding carboxylic acids is 1. The van der Waals surface area contributed by atoms with Gasteiger partial charge >= 0.3 is 0 Å². The fourth-order valence-corrected chi connectivity index (χ4v) is 2.90. The predicted molar refractivity (Wildman–Crippen MR) is 76.0 cm³/mol. The number of aldehydes is 1. The van der Waals surface area contributed by atoms with E-state index in [2.05, 4.69) is 20.9 Å². The molecule has 1 fully saturated rings. The molecule has 2 aromatic heterocycles. The SMILES string of the molecule is O=Cc1c(Cl)ncnc1N(Cc1cccs1)C1CC1. The summed E-state index contributed by atoms with van der Waals surface area (Å²) < 4.78 is 0. The summed E-state index contributed by atoms with van der Waals surface area (Å²) >= 11 is 7.68. The fraction of sp³-hybridized carbons (Fsp3) is 0.308. The quantitative estimate of drug-likeness (QED) is 0.627. The highest BCUT2D eigenvalue weighted by Crippen LogP contribution is 2.35. The van der Waals surface area contributed by atoms with E-state index in [1.54, 1.807) is 11.3 Å². The average molecular weight is 294 g/mol. The lowest BCUT2D eigenvalue weighted by Crippen LogP contribution is -2.27. The average Bonchev–Trinajstić information content (AvgIpc) is 3.13. The van der Waals surface area contributed by atoms with Gasteiger partial charge < -0.3 is 4.90 Å². The van der Waals surface area contributed by atoms with Crippen LogP contribution < -0.4 is 4.90 Å². The number of aromatic nitrogens is 2. The molecule has 3 rings (SSSR count). The fourth-order valence-electron chi connectivity index (χ4n) is 2.03. The number of carbonyl (C=O) groups is 1. The number of nitrogens with zero attached hydrogens (tertiary/aromatic N) is 3. The van der Waals surface area contributed by atoms with Crippen LogP contribution in [0.25, 0.3) is 0 Å². The van der Waals surface area contributed by atoms with Gasteiger partial charge in [0.2, 0.25) is 0 Å². The first-order valence-electron chi connectivity index (χ1n) is 6.04. The second-order valence-corrected chi connectivity index (χ2v) is 5.85. The summed E-state index contributed by atoms with van der Waals surface area (Å²) in [6, 6.07) is 4.56. The Morgan fingerprint density at radius 3 is 2.95 bits per heavy atom. The van der Waals surface area contributed by atoms with Crippen LogP contribution in [0, 0.1) is 0 Å². The van der Waals surface area contributed by atoms with E-state index in [0.29, 0.717) is 17.4 Å². The second kappa shape index (κ2) is 5.27. The highest BCUT2D eigenvalue weighted by atomic mass is 35.5. The van der Waals surface area contributed by atoms with E-state index in [1.807, 2.05) is 11.4 Å². The molecule has 0 radical (unpaired) electrons. The standard InChI is InChI=1S/C13H12ClN3OS/c14-12-11(7-18)13(16-8-15-12)17(9-3-4-9)6-10-2-1-5-19-10/h1-2,5,7-9H,3-4,6H2. The molecule has 2 heterocycles. The zero-order chi connectivity index (χ0) is 13.2. The molecule has 0 amide bonds. The Morgan fingerprint density at radius 1 is 1.47 bits per heavy atom. The predicted octanol–water partition coefficient (Wildman–Crippen LogP) is 3.17. The Morgan fingerprint density at radius 2 is 2.32 bits per heavy atom. The maximum absolute atomic E-state index is 11.2. The topological polar surface area (TPSA) is 46.1 Å². The normalized spacial score (nSPS) is 14.4. The molecule has 6 heteroatoms. The molecule has 0 aliphatic heterocycles. The van der Waals surface area contributed by atoms with Gasteiger partial charge in [0.15, 0.2) is 6.29 Å². The van der Waals surface area contributed by atoms with Crippen molar-refractivity contribution in [3.05, 3.63) is 39.4 Å². The third kappa shape index (κ3) is 2.62. The van der Waals surface area contributed by atoms with Crippen LogP contribution in [-0.4, -0.2) is 22.3 Å². The molecule has 1 saturated carbocycles. The van der Waals surface area contributed by atoms with Crippen molar-refractivity contribution in [1.29, 1.82) is 0 Å². The van der Waals surface area contributed by atoms with Gasteiger partial charge in [-0.25, -0.2) is 9.97 Å². The van der Waals surface area contributed by atoms with Gasteiger partial charge in [0, 0.05) is 10.9 Å². The highest BCUT2D eigenvalue weighted by Gasteiger charge is 2.32. The molecule has 2 aromatic rings. The monoisotopic (exact) mass is 293 g/mol. The first-order chi connectivity index (χ1) is 9.29. The molecule has 0 atom stereocenters. The van der Waals surface area contributed by atoms with Crippen LogP contribution in [-0.2, 0) is 6.54 Å². The van der Waals surface area contributed by atoms with Crippen LogP contribution in [0.1, 0.15) is 28.1 Å². The van der Waals surface area contributed by atoms with Crippen LogP contribution in [0.3, 0.4) is 0 Å². The molecule has 0 spiro atoms. The maximum Gasteiger partial charge on any atom is 0.156 e. The lowest BCUT2D eigenvalue weighted by Gasteiger charge is -2.24. The summed E-state index contributed by atoms with van der Waals surface area (Å²) in [5.74, 6) is 0.644. The van der Waals surface area contributed by atoms with E-state index in [1.165, 1.54) is 11.2 Å². The first kappa shape index (κ1) is 12.6. The summed E-state index contributed by atoms with van der Waals surface area (Å²) in [4.78, 5) is 22.7. The van der Waals surface area contributed by atoms with Gasteiger partial charge in [-0.05, 0) is 24.3 Å². The van der Waals surface area contributed by atoms with Crippen molar-refractivity contribution in [2.24, 2.45) is 0 Å². The molecule has 1 aliphatic rings. The number of anilines is 1. The first-order valence-corrected chi connectivity index (χ1v) is 7.30. The smallest absolute Gasteiger partial charge is 0.156 e. The number of hydrogen-bond donors (Lipinski definition) is 0. The van der Waals surface area contributed by atoms with Crippen molar-refractivity contribution in [3.63, 3.8) is 0 Å². The number of halogens is 1. The van der Waals surface area contributed by atoms with Gasteiger partial charge in [-0.3, -0.25) is 4.79 Å². The Bertz CT molecular complexity index is 584. The minimum atomic E-state index is 0.219.